The Balaban J connectivity index is 2.44. The first-order valence-electron chi connectivity index (χ1n) is 3.77. The Labute approximate surface area is 69.4 Å². The molecule has 4 N–H and O–H groups in total. The smallest absolute Gasteiger partial charge is 0.144 e. The Morgan fingerprint density at radius 3 is 3.25 bits per heavy atom. The molecule has 0 bridgehead atoms. The van der Waals surface area contributed by atoms with Crippen molar-refractivity contribution in [2.24, 2.45) is 5.73 Å². The number of hydrogen-bond acceptors (Lipinski definition) is 3. The predicted octanol–water partition coefficient (Wildman–Crippen LogP) is -0.234. The Kier molecular flexibility index (Phi) is 1.58. The zero-order valence-corrected chi connectivity index (χ0v) is 6.55. The molecule has 2 heterocycles. The number of hydrogen-bond donors (Lipinski definition) is 3. The van der Waals surface area contributed by atoms with Gasteiger partial charge in [-0.25, -0.2) is 0 Å². The minimum Gasteiger partial charge on any atom is -0.382 e. The highest BCUT2D eigenvalue weighted by Crippen LogP contribution is 2.17. The van der Waals surface area contributed by atoms with Gasteiger partial charge in [-0.05, 0) is 0 Å². The lowest BCUT2D eigenvalue weighted by Gasteiger charge is -2.11. The average molecular weight is 166 g/mol. The van der Waals surface area contributed by atoms with Gasteiger partial charge < -0.3 is 10.5 Å². The first kappa shape index (κ1) is 7.30. The van der Waals surface area contributed by atoms with Gasteiger partial charge in [0.15, 0.2) is 0 Å². The molecule has 12 heavy (non-hydrogen) atoms. The van der Waals surface area contributed by atoms with Crippen molar-refractivity contribution < 1.29 is 4.74 Å². The minimum atomic E-state index is -0.00185. The Morgan fingerprint density at radius 2 is 2.50 bits per heavy atom. The highest BCUT2D eigenvalue weighted by atomic mass is 16.5. The molecule has 0 amide bonds. The molecule has 2 rings (SSSR count). The molecule has 0 atom stereocenters. The molecule has 5 nitrogen and oxygen atoms in total. The summed E-state index contributed by atoms with van der Waals surface area (Å²) < 4.78 is 5.23. The first-order chi connectivity index (χ1) is 5.79. The van der Waals surface area contributed by atoms with Crippen LogP contribution in [0.3, 0.4) is 0 Å². The van der Waals surface area contributed by atoms with Crippen molar-refractivity contribution >= 4 is 5.84 Å². The average Bonchev–Trinajstić information content (AvgIpc) is 2.47. The van der Waals surface area contributed by atoms with Crippen molar-refractivity contribution in [3.8, 4) is 0 Å². The van der Waals surface area contributed by atoms with Crippen LogP contribution in [0.1, 0.15) is 17.0 Å². The fourth-order valence-corrected chi connectivity index (χ4v) is 1.33. The van der Waals surface area contributed by atoms with Crippen LogP contribution in [0.5, 0.6) is 0 Å². The summed E-state index contributed by atoms with van der Waals surface area (Å²) in [5.74, 6) is -0.00185. The van der Waals surface area contributed by atoms with Gasteiger partial charge in [-0.2, -0.15) is 5.10 Å². The van der Waals surface area contributed by atoms with E-state index in [1.54, 1.807) is 0 Å². The molecule has 0 saturated carbocycles. The van der Waals surface area contributed by atoms with Crippen LogP contribution in [0.4, 0.5) is 0 Å². The van der Waals surface area contributed by atoms with Crippen LogP contribution < -0.4 is 5.73 Å². The van der Waals surface area contributed by atoms with Crippen molar-refractivity contribution in [3.05, 3.63) is 17.0 Å². The summed E-state index contributed by atoms with van der Waals surface area (Å²) in [6.07, 6.45) is 0.829. The molecular formula is C7H10N4O. The summed E-state index contributed by atoms with van der Waals surface area (Å²) in [7, 11) is 0. The number of aromatic nitrogens is 2. The molecular weight excluding hydrogens is 156 g/mol. The third-order valence-corrected chi connectivity index (χ3v) is 1.95. The lowest BCUT2D eigenvalue weighted by molar-refractivity contribution is 0.110. The zero-order chi connectivity index (χ0) is 8.55. The number of amidine groups is 1. The summed E-state index contributed by atoms with van der Waals surface area (Å²) in [6, 6.07) is 0. The second-order valence-electron chi connectivity index (χ2n) is 2.75. The van der Waals surface area contributed by atoms with E-state index >= 15 is 0 Å². The van der Waals surface area contributed by atoms with Crippen LogP contribution in [-0.2, 0) is 17.8 Å². The second-order valence-corrected chi connectivity index (χ2v) is 2.75. The molecule has 0 spiro atoms. The lowest BCUT2D eigenvalue weighted by Crippen LogP contribution is -2.16. The van der Waals surface area contributed by atoms with Crippen LogP contribution in [0.2, 0.25) is 0 Å². The zero-order valence-electron chi connectivity index (χ0n) is 6.55. The SMILES string of the molecule is N=C(N)c1n[nH]c2c1COCC2. The number of rotatable bonds is 1. The second kappa shape index (κ2) is 2.60. The van der Waals surface area contributed by atoms with Crippen molar-refractivity contribution in [2.45, 2.75) is 13.0 Å². The maximum atomic E-state index is 7.23. The molecule has 1 aromatic rings. The standard InChI is InChI=1S/C7H10N4O/c8-7(9)6-4-3-12-2-1-5(4)10-11-6/h1-3H2,(H3,8,9)(H,10,11). The van der Waals surface area contributed by atoms with Crippen molar-refractivity contribution in [1.29, 1.82) is 5.41 Å². The fraction of sp³-hybridized carbons (Fsp3) is 0.429. The molecule has 1 aliphatic rings. The molecule has 64 valence electrons. The van der Waals surface area contributed by atoms with Gasteiger partial charge in [-0.15, -0.1) is 0 Å². The lowest BCUT2D eigenvalue weighted by atomic mass is 10.1. The van der Waals surface area contributed by atoms with Gasteiger partial charge in [0.05, 0.1) is 13.2 Å². The predicted molar refractivity (Wildman–Crippen MR) is 43.0 cm³/mol. The fourth-order valence-electron chi connectivity index (χ4n) is 1.33. The highest BCUT2D eigenvalue weighted by Gasteiger charge is 2.18. The van der Waals surface area contributed by atoms with Crippen molar-refractivity contribution in [2.75, 3.05) is 6.61 Å². The largest absolute Gasteiger partial charge is 0.382 e. The number of nitrogens with two attached hydrogens (primary N) is 1. The molecule has 0 unspecified atom stereocenters. The van der Waals surface area contributed by atoms with E-state index in [1.165, 1.54) is 0 Å². The highest BCUT2D eigenvalue weighted by molar-refractivity contribution is 5.94. The number of nitrogens with zero attached hydrogens (tertiary/aromatic N) is 1. The van der Waals surface area contributed by atoms with Crippen LogP contribution in [0.15, 0.2) is 0 Å². The van der Waals surface area contributed by atoms with Crippen molar-refractivity contribution in [3.63, 3.8) is 0 Å². The monoisotopic (exact) mass is 166 g/mol. The number of H-pyrrole nitrogens is 1. The number of nitrogens with one attached hydrogen (secondary N) is 2. The minimum absolute atomic E-state index is 0.00185. The molecule has 0 aliphatic carbocycles. The van der Waals surface area contributed by atoms with Crippen molar-refractivity contribution in [1.82, 2.24) is 10.2 Å². The number of aromatic amines is 1. The van der Waals surface area contributed by atoms with Crippen LogP contribution >= 0.6 is 0 Å². The van der Waals surface area contributed by atoms with Gasteiger partial charge in [-0.3, -0.25) is 10.5 Å². The summed E-state index contributed by atoms with van der Waals surface area (Å²) in [5.41, 5.74) is 7.85. The quantitative estimate of drug-likeness (QED) is 0.397. The van der Waals surface area contributed by atoms with Gasteiger partial charge in [0.2, 0.25) is 0 Å². The molecule has 1 aromatic heterocycles. The van der Waals surface area contributed by atoms with Gasteiger partial charge in [-0.1, -0.05) is 0 Å². The van der Waals surface area contributed by atoms with E-state index in [-0.39, 0.29) is 5.84 Å². The van der Waals surface area contributed by atoms with E-state index in [9.17, 15) is 0 Å². The van der Waals surface area contributed by atoms with E-state index in [0.29, 0.717) is 18.9 Å². The normalized spacial score (nSPS) is 15.7. The summed E-state index contributed by atoms with van der Waals surface area (Å²) in [6.45, 7) is 1.23. The molecule has 0 radical (unpaired) electrons. The van der Waals surface area contributed by atoms with E-state index in [1.807, 2.05) is 0 Å². The van der Waals surface area contributed by atoms with Crippen LogP contribution in [-0.4, -0.2) is 22.6 Å². The first-order valence-corrected chi connectivity index (χ1v) is 3.77. The van der Waals surface area contributed by atoms with Gasteiger partial charge in [0.25, 0.3) is 0 Å². The third-order valence-electron chi connectivity index (χ3n) is 1.95. The molecule has 5 heteroatoms. The van der Waals surface area contributed by atoms with Gasteiger partial charge in [0.1, 0.15) is 11.5 Å². The molecule has 0 aromatic carbocycles. The van der Waals surface area contributed by atoms with E-state index < -0.39 is 0 Å². The number of ether oxygens (including phenoxy) is 1. The Hall–Kier alpha value is -1.36. The van der Waals surface area contributed by atoms with E-state index in [4.69, 9.17) is 15.9 Å². The summed E-state index contributed by atoms with van der Waals surface area (Å²) >= 11 is 0. The maximum absolute atomic E-state index is 7.23. The molecule has 0 fully saturated rings. The number of nitrogen functional groups attached to an aromatic ring is 1. The topological polar surface area (TPSA) is 87.8 Å². The molecule has 0 saturated heterocycles. The molecule has 1 aliphatic heterocycles. The maximum Gasteiger partial charge on any atom is 0.144 e. The van der Waals surface area contributed by atoms with Gasteiger partial charge in [0, 0.05) is 17.7 Å². The summed E-state index contributed by atoms with van der Waals surface area (Å²) in [4.78, 5) is 0. The van der Waals surface area contributed by atoms with E-state index in [0.717, 1.165) is 17.7 Å². The third kappa shape index (κ3) is 0.984. The van der Waals surface area contributed by atoms with Crippen LogP contribution in [0.25, 0.3) is 0 Å². The number of fused-ring (bicyclic) bond motifs is 1. The van der Waals surface area contributed by atoms with Gasteiger partial charge >= 0.3 is 0 Å². The summed E-state index contributed by atoms with van der Waals surface area (Å²) in [5, 5.41) is 14.0. The Bertz CT molecular complexity index is 317. The Morgan fingerprint density at radius 1 is 1.67 bits per heavy atom. The van der Waals surface area contributed by atoms with Crippen LogP contribution in [0, 0.1) is 5.41 Å². The van der Waals surface area contributed by atoms with E-state index in [2.05, 4.69) is 10.2 Å².